The minimum absolute atomic E-state index is 0.0493. The number of amides is 1. The molecular weight excluding hydrogens is 398 g/mol. The van der Waals surface area contributed by atoms with E-state index in [1.54, 1.807) is 16.0 Å². The zero-order chi connectivity index (χ0) is 18.8. The summed E-state index contributed by atoms with van der Waals surface area (Å²) in [5.41, 5.74) is 2.66. The highest BCUT2D eigenvalue weighted by Crippen LogP contribution is 2.38. The quantitative estimate of drug-likeness (QED) is 0.593. The summed E-state index contributed by atoms with van der Waals surface area (Å²) in [6.45, 7) is 1.46. The maximum Gasteiger partial charge on any atom is 0.272 e. The van der Waals surface area contributed by atoms with Gasteiger partial charge in [0.05, 0.1) is 4.88 Å². The van der Waals surface area contributed by atoms with Crippen LogP contribution in [0.25, 0.3) is 10.6 Å². The first-order valence-corrected chi connectivity index (χ1v) is 11.2. The fraction of sp³-hybridized carbons (Fsp3) is 0.300. The van der Waals surface area contributed by atoms with Crippen molar-refractivity contribution in [3.63, 3.8) is 0 Å². The number of hydrogen-bond donors (Lipinski definition) is 0. The largest absolute Gasteiger partial charge is 0.336 e. The van der Waals surface area contributed by atoms with E-state index in [1.807, 2.05) is 65.5 Å². The summed E-state index contributed by atoms with van der Waals surface area (Å²) in [4.78, 5) is 16.1. The van der Waals surface area contributed by atoms with Crippen molar-refractivity contribution in [2.45, 2.75) is 11.7 Å². The summed E-state index contributed by atoms with van der Waals surface area (Å²) in [7, 11) is 1.84. The number of hydrogen-bond acceptors (Lipinski definition) is 4. The SMILES string of the molecule is Cn1nc(-c2cccs2)cc1C(=O)N1CCSC(c2ccccc2Cl)CC1. The van der Waals surface area contributed by atoms with Crippen molar-refractivity contribution in [1.82, 2.24) is 14.7 Å². The standard InChI is InChI=1S/C20H20ClN3OS2/c1-23-17(13-16(22-23)19-7-4-11-26-19)20(25)24-9-8-18(27-12-10-24)14-5-2-3-6-15(14)21/h2-7,11,13,18H,8-10,12H2,1H3. The Hall–Kier alpha value is -1.76. The monoisotopic (exact) mass is 417 g/mol. The minimum atomic E-state index is 0.0493. The number of nitrogens with zero attached hydrogens (tertiary/aromatic N) is 3. The number of benzene rings is 1. The molecule has 0 aliphatic carbocycles. The van der Waals surface area contributed by atoms with Gasteiger partial charge in [0.1, 0.15) is 11.4 Å². The van der Waals surface area contributed by atoms with Gasteiger partial charge in [-0.1, -0.05) is 35.9 Å². The third kappa shape index (κ3) is 3.93. The van der Waals surface area contributed by atoms with E-state index in [4.69, 9.17) is 11.6 Å². The molecule has 7 heteroatoms. The van der Waals surface area contributed by atoms with Crippen LogP contribution in [0.2, 0.25) is 5.02 Å². The first kappa shape index (κ1) is 18.6. The molecule has 1 saturated heterocycles. The van der Waals surface area contributed by atoms with Crippen molar-refractivity contribution >= 4 is 40.6 Å². The van der Waals surface area contributed by atoms with Crippen LogP contribution in [-0.2, 0) is 7.05 Å². The lowest BCUT2D eigenvalue weighted by atomic mass is 10.1. The molecule has 0 bridgehead atoms. The summed E-state index contributed by atoms with van der Waals surface area (Å²) < 4.78 is 1.70. The highest BCUT2D eigenvalue weighted by Gasteiger charge is 2.26. The molecule has 0 saturated carbocycles. The topological polar surface area (TPSA) is 38.1 Å². The van der Waals surface area contributed by atoms with Gasteiger partial charge >= 0.3 is 0 Å². The first-order valence-electron chi connectivity index (χ1n) is 8.86. The zero-order valence-electron chi connectivity index (χ0n) is 15.0. The van der Waals surface area contributed by atoms with E-state index in [0.717, 1.165) is 40.9 Å². The Kier molecular flexibility index (Phi) is 5.57. The Labute approximate surface area is 172 Å². The van der Waals surface area contributed by atoms with Gasteiger partial charge in [0.15, 0.2) is 0 Å². The predicted octanol–water partition coefficient (Wildman–Crippen LogP) is 5.12. The lowest BCUT2D eigenvalue weighted by molar-refractivity contribution is 0.0755. The van der Waals surface area contributed by atoms with Crippen molar-refractivity contribution in [2.24, 2.45) is 7.05 Å². The van der Waals surface area contributed by atoms with Gasteiger partial charge in [-0.15, -0.1) is 11.3 Å². The molecular formula is C20H20ClN3OS2. The molecule has 2 aromatic heterocycles. The molecule has 1 unspecified atom stereocenters. The molecule has 1 atom stereocenters. The van der Waals surface area contributed by atoms with Gasteiger partial charge in [-0.2, -0.15) is 16.9 Å². The van der Waals surface area contributed by atoms with Gasteiger partial charge in [0.25, 0.3) is 5.91 Å². The van der Waals surface area contributed by atoms with Crippen LogP contribution in [0.3, 0.4) is 0 Å². The first-order chi connectivity index (χ1) is 13.1. The highest BCUT2D eigenvalue weighted by atomic mass is 35.5. The van der Waals surface area contributed by atoms with E-state index in [0.29, 0.717) is 10.9 Å². The maximum atomic E-state index is 13.1. The second-order valence-electron chi connectivity index (χ2n) is 6.48. The van der Waals surface area contributed by atoms with E-state index in [9.17, 15) is 4.79 Å². The van der Waals surface area contributed by atoms with Crippen LogP contribution < -0.4 is 0 Å². The van der Waals surface area contributed by atoms with Gasteiger partial charge in [0.2, 0.25) is 0 Å². The Morgan fingerprint density at radius 3 is 2.85 bits per heavy atom. The number of aromatic nitrogens is 2. The highest BCUT2D eigenvalue weighted by molar-refractivity contribution is 7.99. The molecule has 27 heavy (non-hydrogen) atoms. The lowest BCUT2D eigenvalue weighted by Gasteiger charge is -2.20. The minimum Gasteiger partial charge on any atom is -0.336 e. The van der Waals surface area contributed by atoms with Crippen LogP contribution >= 0.6 is 34.7 Å². The second kappa shape index (κ2) is 8.09. The Balaban J connectivity index is 1.50. The number of aryl methyl sites for hydroxylation is 1. The lowest BCUT2D eigenvalue weighted by Crippen LogP contribution is -2.34. The van der Waals surface area contributed by atoms with Gasteiger partial charge in [-0.05, 0) is 35.6 Å². The van der Waals surface area contributed by atoms with Crippen LogP contribution in [0.15, 0.2) is 47.8 Å². The molecule has 1 amide bonds. The van der Waals surface area contributed by atoms with Crippen LogP contribution in [0.5, 0.6) is 0 Å². The van der Waals surface area contributed by atoms with Crippen molar-refractivity contribution in [3.8, 4) is 10.6 Å². The van der Waals surface area contributed by atoms with Crippen molar-refractivity contribution < 1.29 is 4.79 Å². The number of carbonyl (C=O) groups is 1. The molecule has 0 radical (unpaired) electrons. The molecule has 1 aliphatic heterocycles. The molecule has 1 fully saturated rings. The molecule has 140 valence electrons. The summed E-state index contributed by atoms with van der Waals surface area (Å²) >= 11 is 9.88. The van der Waals surface area contributed by atoms with Gasteiger partial charge < -0.3 is 4.90 Å². The molecule has 0 N–H and O–H groups in total. The van der Waals surface area contributed by atoms with Crippen molar-refractivity contribution in [2.75, 3.05) is 18.8 Å². The third-order valence-electron chi connectivity index (χ3n) is 4.75. The fourth-order valence-corrected chi connectivity index (χ4v) is 5.61. The van der Waals surface area contributed by atoms with Crippen LogP contribution in [-0.4, -0.2) is 39.4 Å². The number of thiophene rings is 1. The van der Waals surface area contributed by atoms with Crippen molar-refractivity contribution in [1.29, 1.82) is 0 Å². The van der Waals surface area contributed by atoms with E-state index < -0.39 is 0 Å². The summed E-state index contributed by atoms with van der Waals surface area (Å²) in [6, 6.07) is 13.9. The molecule has 4 nitrogen and oxygen atoms in total. The van der Waals surface area contributed by atoms with Crippen LogP contribution in [0, 0.1) is 0 Å². The number of thioether (sulfide) groups is 1. The Morgan fingerprint density at radius 1 is 1.22 bits per heavy atom. The summed E-state index contributed by atoms with van der Waals surface area (Å²) in [6.07, 6.45) is 0.899. The summed E-state index contributed by atoms with van der Waals surface area (Å²) in [5, 5.41) is 7.67. The summed E-state index contributed by atoms with van der Waals surface area (Å²) in [5.74, 6) is 0.949. The fourth-order valence-electron chi connectivity index (χ4n) is 3.33. The van der Waals surface area contributed by atoms with E-state index >= 15 is 0 Å². The average molecular weight is 418 g/mol. The number of rotatable bonds is 3. The van der Waals surface area contributed by atoms with Crippen LogP contribution in [0.4, 0.5) is 0 Å². The van der Waals surface area contributed by atoms with Gasteiger partial charge in [-0.25, -0.2) is 0 Å². The average Bonchev–Trinajstić information content (AvgIpc) is 3.26. The van der Waals surface area contributed by atoms with Crippen molar-refractivity contribution in [3.05, 3.63) is 64.1 Å². The Bertz CT molecular complexity index is 939. The van der Waals surface area contributed by atoms with Gasteiger partial charge in [0, 0.05) is 36.2 Å². The smallest absolute Gasteiger partial charge is 0.272 e. The van der Waals surface area contributed by atoms with E-state index in [2.05, 4.69) is 11.2 Å². The maximum absolute atomic E-state index is 13.1. The molecule has 4 rings (SSSR count). The van der Waals surface area contributed by atoms with Crippen LogP contribution in [0.1, 0.15) is 27.7 Å². The second-order valence-corrected chi connectivity index (χ2v) is 9.14. The predicted molar refractivity (Wildman–Crippen MR) is 114 cm³/mol. The zero-order valence-corrected chi connectivity index (χ0v) is 17.4. The molecule has 3 aromatic rings. The number of carbonyl (C=O) groups excluding carboxylic acids is 1. The van der Waals surface area contributed by atoms with E-state index in [-0.39, 0.29) is 5.91 Å². The number of halogens is 1. The third-order valence-corrected chi connectivity index (χ3v) is 7.30. The molecule has 0 spiro atoms. The van der Waals surface area contributed by atoms with Gasteiger partial charge in [-0.3, -0.25) is 9.48 Å². The normalized spacial score (nSPS) is 17.7. The molecule has 3 heterocycles. The molecule has 1 aromatic carbocycles. The molecule has 1 aliphatic rings. The Morgan fingerprint density at radius 2 is 2.07 bits per heavy atom. The van der Waals surface area contributed by atoms with E-state index in [1.165, 1.54) is 5.56 Å².